The molecule has 1 aromatic heterocycles. The van der Waals surface area contributed by atoms with Crippen molar-refractivity contribution in [2.75, 3.05) is 0 Å². The summed E-state index contributed by atoms with van der Waals surface area (Å²) in [5.74, 6) is 1.04. The molecule has 4 nitrogen and oxygen atoms in total. The van der Waals surface area contributed by atoms with Gasteiger partial charge >= 0.3 is 0 Å². The summed E-state index contributed by atoms with van der Waals surface area (Å²) >= 11 is 1.57. The fraction of sp³-hybridized carbons (Fsp3) is 0.200. The summed E-state index contributed by atoms with van der Waals surface area (Å²) in [6.07, 6.45) is 0. The number of carbonyl (C=O) groups is 1. The summed E-state index contributed by atoms with van der Waals surface area (Å²) in [4.78, 5) is 13.5. The van der Waals surface area contributed by atoms with E-state index in [4.69, 9.17) is 4.52 Å². The minimum Gasteiger partial charge on any atom is -0.361 e. The molecule has 0 unspecified atom stereocenters. The lowest BCUT2D eigenvalue weighted by Gasteiger charge is -2.10. The van der Waals surface area contributed by atoms with E-state index in [1.807, 2.05) is 32.0 Å². The Bertz CT molecular complexity index is 887. The van der Waals surface area contributed by atoms with E-state index in [2.05, 4.69) is 10.5 Å². The van der Waals surface area contributed by atoms with Crippen molar-refractivity contribution in [1.82, 2.24) is 10.5 Å². The van der Waals surface area contributed by atoms with Gasteiger partial charge in [0, 0.05) is 22.8 Å². The number of aromatic nitrogens is 1. The van der Waals surface area contributed by atoms with Gasteiger partial charge in [0.05, 0.1) is 11.3 Å². The second-order valence-electron chi connectivity index (χ2n) is 5.90. The second kappa shape index (κ2) is 8.19. The monoisotopic (exact) mass is 370 g/mol. The number of nitrogens with one attached hydrogen (secondary N) is 1. The summed E-state index contributed by atoms with van der Waals surface area (Å²) in [6.45, 7) is 4.15. The Balaban J connectivity index is 1.67. The Hall–Kier alpha value is -2.60. The van der Waals surface area contributed by atoms with E-state index in [-0.39, 0.29) is 11.7 Å². The number of hydrogen-bond acceptors (Lipinski definition) is 4. The summed E-state index contributed by atoms with van der Waals surface area (Å²) in [7, 11) is 0. The average molecular weight is 370 g/mol. The normalized spacial score (nSPS) is 10.7. The van der Waals surface area contributed by atoms with Gasteiger partial charge in [-0.3, -0.25) is 4.79 Å². The summed E-state index contributed by atoms with van der Waals surface area (Å²) in [5, 5.41) is 6.85. The quantitative estimate of drug-likeness (QED) is 0.642. The fourth-order valence-corrected chi connectivity index (χ4v) is 3.72. The molecule has 0 bridgehead atoms. The number of nitrogens with zero attached hydrogens (tertiary/aromatic N) is 1. The minimum atomic E-state index is -0.291. The van der Waals surface area contributed by atoms with Gasteiger partial charge in [0.25, 0.3) is 5.91 Å². The molecule has 0 atom stereocenters. The zero-order valence-electron chi connectivity index (χ0n) is 14.6. The number of benzene rings is 2. The molecule has 1 amide bonds. The fourth-order valence-electron chi connectivity index (χ4n) is 2.52. The number of aryl methyl sites for hydroxylation is 2. The molecule has 26 heavy (non-hydrogen) atoms. The Labute approximate surface area is 155 Å². The molecule has 0 aliphatic rings. The number of rotatable bonds is 6. The molecule has 0 spiro atoms. The third-order valence-electron chi connectivity index (χ3n) is 4.05. The van der Waals surface area contributed by atoms with E-state index in [0.717, 1.165) is 27.5 Å². The lowest BCUT2D eigenvalue weighted by molar-refractivity contribution is 0.0948. The molecule has 3 aromatic rings. The van der Waals surface area contributed by atoms with Crippen molar-refractivity contribution in [2.24, 2.45) is 0 Å². The Morgan fingerprint density at radius 3 is 2.58 bits per heavy atom. The van der Waals surface area contributed by atoms with Crippen LogP contribution >= 0.6 is 11.8 Å². The van der Waals surface area contributed by atoms with Gasteiger partial charge in [-0.25, -0.2) is 4.39 Å². The van der Waals surface area contributed by atoms with Crippen LogP contribution in [0.2, 0.25) is 0 Å². The Morgan fingerprint density at radius 2 is 1.88 bits per heavy atom. The number of thioether (sulfide) groups is 1. The van der Waals surface area contributed by atoms with Gasteiger partial charge in [0.2, 0.25) is 0 Å². The van der Waals surface area contributed by atoms with Crippen LogP contribution in [0.3, 0.4) is 0 Å². The maximum atomic E-state index is 13.0. The highest BCUT2D eigenvalue weighted by atomic mass is 32.2. The Morgan fingerprint density at radius 1 is 1.15 bits per heavy atom. The van der Waals surface area contributed by atoms with Crippen molar-refractivity contribution in [2.45, 2.75) is 31.0 Å². The molecule has 0 radical (unpaired) electrons. The van der Waals surface area contributed by atoms with Crippen molar-refractivity contribution < 1.29 is 13.7 Å². The molecule has 134 valence electrons. The van der Waals surface area contributed by atoms with Crippen molar-refractivity contribution in [3.05, 3.63) is 82.5 Å². The molecule has 1 N–H and O–H groups in total. The molecule has 0 aliphatic carbocycles. The van der Waals surface area contributed by atoms with Gasteiger partial charge in [0.1, 0.15) is 11.6 Å². The van der Waals surface area contributed by atoms with Crippen molar-refractivity contribution in [1.29, 1.82) is 0 Å². The van der Waals surface area contributed by atoms with Crippen molar-refractivity contribution >= 4 is 17.7 Å². The smallest absolute Gasteiger partial charge is 0.252 e. The summed E-state index contributed by atoms with van der Waals surface area (Å²) in [6, 6.07) is 13.6. The third-order valence-corrected chi connectivity index (χ3v) is 5.15. The largest absolute Gasteiger partial charge is 0.361 e. The highest BCUT2D eigenvalue weighted by Gasteiger charge is 2.14. The zero-order chi connectivity index (χ0) is 18.5. The van der Waals surface area contributed by atoms with Gasteiger partial charge in [0.15, 0.2) is 0 Å². The van der Waals surface area contributed by atoms with Crippen LogP contribution in [-0.4, -0.2) is 11.1 Å². The second-order valence-corrected chi connectivity index (χ2v) is 6.91. The van der Waals surface area contributed by atoms with Crippen LogP contribution in [0.15, 0.2) is 57.9 Å². The maximum absolute atomic E-state index is 13.0. The minimum absolute atomic E-state index is 0.156. The predicted molar refractivity (Wildman–Crippen MR) is 99.6 cm³/mol. The van der Waals surface area contributed by atoms with E-state index < -0.39 is 0 Å². The SMILES string of the molecule is Cc1noc(C)c1CSc1ccccc1C(=O)NCc1ccc(F)cc1. The molecule has 0 aliphatic heterocycles. The molecular weight excluding hydrogens is 351 g/mol. The molecule has 0 fully saturated rings. The number of carbonyl (C=O) groups excluding carboxylic acids is 1. The molecule has 0 saturated carbocycles. The summed E-state index contributed by atoms with van der Waals surface area (Å²) in [5.41, 5.74) is 3.39. The van der Waals surface area contributed by atoms with Crippen LogP contribution in [0.1, 0.15) is 32.9 Å². The van der Waals surface area contributed by atoms with Crippen LogP contribution < -0.4 is 5.32 Å². The third kappa shape index (κ3) is 4.32. The number of halogens is 1. The molecule has 2 aromatic carbocycles. The van der Waals surface area contributed by atoms with Crippen LogP contribution in [0, 0.1) is 19.7 Å². The van der Waals surface area contributed by atoms with Crippen molar-refractivity contribution in [3.63, 3.8) is 0 Å². The van der Waals surface area contributed by atoms with Crippen molar-refractivity contribution in [3.8, 4) is 0 Å². The van der Waals surface area contributed by atoms with E-state index in [0.29, 0.717) is 17.9 Å². The Kier molecular flexibility index (Phi) is 5.73. The first-order chi connectivity index (χ1) is 12.5. The van der Waals surface area contributed by atoms with Gasteiger partial charge in [-0.1, -0.05) is 29.4 Å². The van der Waals surface area contributed by atoms with Crippen LogP contribution in [-0.2, 0) is 12.3 Å². The standard InChI is InChI=1S/C20H19FN2O2S/c1-13-18(14(2)25-23-13)12-26-19-6-4-3-5-17(19)20(24)22-11-15-7-9-16(21)10-8-15/h3-10H,11-12H2,1-2H3,(H,22,24). The van der Waals surface area contributed by atoms with E-state index in [9.17, 15) is 9.18 Å². The van der Waals surface area contributed by atoms with Crippen LogP contribution in [0.4, 0.5) is 4.39 Å². The molecule has 6 heteroatoms. The van der Waals surface area contributed by atoms with E-state index >= 15 is 0 Å². The lowest BCUT2D eigenvalue weighted by atomic mass is 10.2. The first-order valence-corrected chi connectivity index (χ1v) is 9.19. The van der Waals surface area contributed by atoms with Gasteiger partial charge < -0.3 is 9.84 Å². The molecule has 1 heterocycles. The van der Waals surface area contributed by atoms with Gasteiger partial charge in [-0.05, 0) is 43.7 Å². The predicted octanol–water partition coefficient (Wildman–Crippen LogP) is 4.65. The molecular formula is C20H19FN2O2S. The van der Waals surface area contributed by atoms with Crippen LogP contribution in [0.5, 0.6) is 0 Å². The van der Waals surface area contributed by atoms with Gasteiger partial charge in [-0.2, -0.15) is 0 Å². The molecule has 0 saturated heterocycles. The number of hydrogen-bond donors (Lipinski definition) is 1. The highest BCUT2D eigenvalue weighted by molar-refractivity contribution is 7.98. The van der Waals surface area contributed by atoms with Gasteiger partial charge in [-0.15, -0.1) is 11.8 Å². The topological polar surface area (TPSA) is 55.1 Å². The molecule has 3 rings (SSSR count). The van der Waals surface area contributed by atoms with E-state index in [1.54, 1.807) is 30.0 Å². The lowest BCUT2D eigenvalue weighted by Crippen LogP contribution is -2.23. The van der Waals surface area contributed by atoms with Crippen LogP contribution in [0.25, 0.3) is 0 Å². The maximum Gasteiger partial charge on any atom is 0.252 e. The highest BCUT2D eigenvalue weighted by Crippen LogP contribution is 2.28. The zero-order valence-corrected chi connectivity index (χ0v) is 15.4. The first kappa shape index (κ1) is 18.2. The first-order valence-electron chi connectivity index (χ1n) is 8.21. The summed E-state index contributed by atoms with van der Waals surface area (Å²) < 4.78 is 18.1. The number of amides is 1. The van der Waals surface area contributed by atoms with E-state index in [1.165, 1.54) is 12.1 Å². The average Bonchev–Trinajstić information content (AvgIpc) is 2.97.